The highest BCUT2D eigenvalue weighted by atomic mass is 15.3. The highest BCUT2D eigenvalue weighted by molar-refractivity contribution is 5.81. The van der Waals surface area contributed by atoms with Crippen LogP contribution in [0.3, 0.4) is 0 Å². The van der Waals surface area contributed by atoms with Gasteiger partial charge in [0.15, 0.2) is 0 Å². The van der Waals surface area contributed by atoms with Crippen LogP contribution in [0.5, 0.6) is 0 Å². The number of hydrogen-bond acceptors (Lipinski definition) is 2. The summed E-state index contributed by atoms with van der Waals surface area (Å²) >= 11 is 0. The summed E-state index contributed by atoms with van der Waals surface area (Å²) in [5.74, 6) is 0. The fourth-order valence-corrected chi connectivity index (χ4v) is 1.89. The minimum absolute atomic E-state index is 0.00811. The van der Waals surface area contributed by atoms with Crippen molar-refractivity contribution in [2.75, 3.05) is 0 Å². The number of pyridine rings is 1. The van der Waals surface area contributed by atoms with Crippen LogP contribution in [0.1, 0.15) is 47.2 Å². The number of aromatic nitrogens is 3. The van der Waals surface area contributed by atoms with E-state index in [0.717, 1.165) is 16.6 Å². The molecule has 0 saturated carbocycles. The molecule has 0 atom stereocenters. The average Bonchev–Trinajstić information content (AvgIpc) is 2.57. The van der Waals surface area contributed by atoms with Gasteiger partial charge in [-0.15, -0.1) is 0 Å². The van der Waals surface area contributed by atoms with Gasteiger partial charge in [0.1, 0.15) is 0 Å². The molecule has 0 amide bonds. The van der Waals surface area contributed by atoms with Crippen molar-refractivity contribution in [1.82, 2.24) is 14.8 Å². The molecule has 0 bridgehead atoms. The Morgan fingerprint density at radius 3 is 2.24 bits per heavy atom. The van der Waals surface area contributed by atoms with Gasteiger partial charge in [0.05, 0.1) is 16.7 Å². The van der Waals surface area contributed by atoms with Crippen molar-refractivity contribution in [2.24, 2.45) is 0 Å². The molecule has 0 N–H and O–H groups in total. The summed E-state index contributed by atoms with van der Waals surface area (Å²) in [5, 5.41) is 5.80. The molecular formula is C14H21N3. The van der Waals surface area contributed by atoms with E-state index in [2.05, 4.69) is 57.8 Å². The van der Waals surface area contributed by atoms with Crippen LogP contribution in [0.15, 0.2) is 18.5 Å². The number of hydrogen-bond donors (Lipinski definition) is 0. The fourth-order valence-electron chi connectivity index (χ4n) is 1.89. The highest BCUT2D eigenvalue weighted by Crippen LogP contribution is 2.28. The van der Waals surface area contributed by atoms with Crippen molar-refractivity contribution in [3.8, 4) is 0 Å². The lowest BCUT2D eigenvalue weighted by Gasteiger charge is -2.19. The second-order valence-corrected chi connectivity index (χ2v) is 6.59. The first-order valence-electron chi connectivity index (χ1n) is 6.05. The lowest BCUT2D eigenvalue weighted by Crippen LogP contribution is -2.22. The summed E-state index contributed by atoms with van der Waals surface area (Å²) in [7, 11) is 0. The third-order valence-corrected chi connectivity index (χ3v) is 2.83. The van der Waals surface area contributed by atoms with Crippen molar-refractivity contribution in [2.45, 2.75) is 52.5 Å². The van der Waals surface area contributed by atoms with Crippen LogP contribution in [0.2, 0.25) is 0 Å². The van der Waals surface area contributed by atoms with Gasteiger partial charge in [-0.25, -0.2) is 0 Å². The Kier molecular flexibility index (Phi) is 2.53. The molecule has 0 aliphatic heterocycles. The second-order valence-electron chi connectivity index (χ2n) is 6.59. The molecule has 0 aliphatic carbocycles. The van der Waals surface area contributed by atoms with Crippen LogP contribution >= 0.6 is 0 Å². The SMILES string of the molecule is CC(C)(C)c1nccc2nn(C(C)(C)C)cc12. The third kappa shape index (κ3) is 2.19. The van der Waals surface area contributed by atoms with Crippen molar-refractivity contribution >= 4 is 10.9 Å². The van der Waals surface area contributed by atoms with Gasteiger partial charge in [-0.05, 0) is 26.8 Å². The zero-order valence-electron chi connectivity index (χ0n) is 11.6. The first-order chi connectivity index (χ1) is 7.69. The molecule has 92 valence electrons. The zero-order chi connectivity index (χ0) is 12.8. The van der Waals surface area contributed by atoms with E-state index in [-0.39, 0.29) is 11.0 Å². The molecule has 0 saturated heterocycles. The maximum Gasteiger partial charge on any atom is 0.0957 e. The van der Waals surface area contributed by atoms with E-state index >= 15 is 0 Å². The van der Waals surface area contributed by atoms with Crippen LogP contribution in [-0.4, -0.2) is 14.8 Å². The van der Waals surface area contributed by atoms with Crippen LogP contribution in [0.25, 0.3) is 10.9 Å². The summed E-state index contributed by atoms with van der Waals surface area (Å²) < 4.78 is 2.02. The van der Waals surface area contributed by atoms with Gasteiger partial charge in [-0.1, -0.05) is 20.8 Å². The van der Waals surface area contributed by atoms with Crippen LogP contribution in [0, 0.1) is 0 Å². The monoisotopic (exact) mass is 231 g/mol. The molecule has 0 spiro atoms. The van der Waals surface area contributed by atoms with Crippen molar-refractivity contribution in [1.29, 1.82) is 0 Å². The zero-order valence-corrected chi connectivity index (χ0v) is 11.6. The minimum Gasteiger partial charge on any atom is -0.266 e. The maximum absolute atomic E-state index is 4.63. The van der Waals surface area contributed by atoms with Crippen LogP contribution in [-0.2, 0) is 11.0 Å². The van der Waals surface area contributed by atoms with E-state index < -0.39 is 0 Å². The molecule has 0 unspecified atom stereocenters. The topological polar surface area (TPSA) is 30.7 Å². The second kappa shape index (κ2) is 3.56. The number of rotatable bonds is 0. The Labute approximate surface area is 103 Å². The molecule has 2 aromatic heterocycles. The molecule has 17 heavy (non-hydrogen) atoms. The van der Waals surface area contributed by atoms with Crippen molar-refractivity contribution in [3.63, 3.8) is 0 Å². The molecule has 3 nitrogen and oxygen atoms in total. The summed E-state index contributed by atoms with van der Waals surface area (Å²) in [6.07, 6.45) is 3.96. The number of fused-ring (bicyclic) bond motifs is 1. The first-order valence-corrected chi connectivity index (χ1v) is 6.05. The molecular weight excluding hydrogens is 210 g/mol. The van der Waals surface area contributed by atoms with E-state index in [1.807, 2.05) is 16.9 Å². The normalized spacial score (nSPS) is 13.3. The lowest BCUT2D eigenvalue weighted by molar-refractivity contribution is 0.358. The Bertz CT molecular complexity index is 539. The summed E-state index contributed by atoms with van der Waals surface area (Å²) in [4.78, 5) is 4.52. The maximum atomic E-state index is 4.63. The minimum atomic E-state index is 0.00811. The Morgan fingerprint density at radius 1 is 1.06 bits per heavy atom. The molecule has 0 fully saturated rings. The van der Waals surface area contributed by atoms with Gasteiger partial charge in [-0.3, -0.25) is 9.67 Å². The Morgan fingerprint density at radius 2 is 1.71 bits per heavy atom. The molecule has 3 heteroatoms. The first kappa shape index (κ1) is 12.1. The van der Waals surface area contributed by atoms with E-state index in [9.17, 15) is 0 Å². The molecule has 0 aliphatic rings. The van der Waals surface area contributed by atoms with Gasteiger partial charge in [0.25, 0.3) is 0 Å². The van der Waals surface area contributed by atoms with Crippen LogP contribution in [0.4, 0.5) is 0 Å². The largest absolute Gasteiger partial charge is 0.266 e. The van der Waals surface area contributed by atoms with Gasteiger partial charge in [-0.2, -0.15) is 5.10 Å². The standard InChI is InChI=1S/C14H21N3/c1-13(2,3)12-10-9-17(14(4,5)6)16-11(10)7-8-15-12/h7-9H,1-6H3. The van der Waals surface area contributed by atoms with Crippen molar-refractivity contribution in [3.05, 3.63) is 24.2 Å². The molecule has 2 aromatic rings. The van der Waals surface area contributed by atoms with Gasteiger partial charge in [0.2, 0.25) is 0 Å². The smallest absolute Gasteiger partial charge is 0.0957 e. The fraction of sp³-hybridized carbons (Fsp3) is 0.571. The third-order valence-electron chi connectivity index (χ3n) is 2.83. The molecule has 2 rings (SSSR count). The summed E-state index contributed by atoms with van der Waals surface area (Å²) in [6.45, 7) is 13.0. The average molecular weight is 231 g/mol. The molecule has 2 heterocycles. The Balaban J connectivity index is 2.70. The lowest BCUT2D eigenvalue weighted by atomic mass is 9.90. The van der Waals surface area contributed by atoms with Crippen molar-refractivity contribution < 1.29 is 0 Å². The van der Waals surface area contributed by atoms with Gasteiger partial charge in [0, 0.05) is 23.2 Å². The summed E-state index contributed by atoms with van der Waals surface area (Å²) in [6, 6.07) is 1.98. The molecule has 0 radical (unpaired) electrons. The Hall–Kier alpha value is -1.38. The summed E-state index contributed by atoms with van der Waals surface area (Å²) in [5.41, 5.74) is 2.20. The van der Waals surface area contributed by atoms with Crippen LogP contribution < -0.4 is 0 Å². The van der Waals surface area contributed by atoms with E-state index in [4.69, 9.17) is 0 Å². The quantitative estimate of drug-likeness (QED) is 0.695. The predicted octanol–water partition coefficient (Wildman–Crippen LogP) is 3.48. The van der Waals surface area contributed by atoms with E-state index in [0.29, 0.717) is 0 Å². The molecule has 0 aromatic carbocycles. The highest BCUT2D eigenvalue weighted by Gasteiger charge is 2.22. The van der Waals surface area contributed by atoms with E-state index in [1.165, 1.54) is 0 Å². The predicted molar refractivity (Wildman–Crippen MR) is 71.2 cm³/mol. The van der Waals surface area contributed by atoms with E-state index in [1.54, 1.807) is 0 Å². The number of nitrogens with zero attached hydrogens (tertiary/aromatic N) is 3. The van der Waals surface area contributed by atoms with Gasteiger partial charge < -0.3 is 0 Å². The van der Waals surface area contributed by atoms with Gasteiger partial charge >= 0.3 is 0 Å².